The number of hydrogen-bond acceptors (Lipinski definition) is 5. The molecule has 1 amide bonds. The molecule has 1 heterocycles. The molecule has 0 aliphatic heterocycles. The van der Waals surface area contributed by atoms with Crippen LogP contribution in [-0.4, -0.2) is 31.9 Å². The summed E-state index contributed by atoms with van der Waals surface area (Å²) in [7, 11) is 0. The van der Waals surface area contributed by atoms with E-state index in [2.05, 4.69) is 46.8 Å². The van der Waals surface area contributed by atoms with E-state index in [0.29, 0.717) is 11.1 Å². The molecule has 1 atom stereocenters. The average molecular weight is 396 g/mol. The minimum Gasteiger partial charge on any atom is -0.349 e. The Labute approximate surface area is 169 Å². The molecule has 1 aromatic heterocycles. The van der Waals surface area contributed by atoms with Crippen molar-refractivity contribution in [1.29, 1.82) is 0 Å². The Kier molecular flexibility index (Phi) is 6.81. The Balaban J connectivity index is 1.66. The third-order valence-corrected chi connectivity index (χ3v) is 5.28. The minimum atomic E-state index is -0.0289. The summed E-state index contributed by atoms with van der Waals surface area (Å²) in [4.78, 5) is 12.6. The Morgan fingerprint density at radius 2 is 1.82 bits per heavy atom. The van der Waals surface area contributed by atoms with Gasteiger partial charge in [-0.2, -0.15) is 4.68 Å². The molecule has 3 aromatic rings. The van der Waals surface area contributed by atoms with Crippen molar-refractivity contribution >= 4 is 17.7 Å². The fourth-order valence-corrected chi connectivity index (χ4v) is 3.72. The van der Waals surface area contributed by atoms with Gasteiger partial charge in [0.15, 0.2) is 0 Å². The van der Waals surface area contributed by atoms with E-state index in [0.717, 1.165) is 23.2 Å². The standard InChI is InChI=1S/C21H25N5OS/c1-15(2)13-18(17-10-5-4-6-11-17)22-20(27)14-28-21-23-24-25-26(21)19-12-8-7-9-16(19)3/h4-12,15,18H,13-14H2,1-3H3,(H,22,27)/t18-/m0/s1. The Hall–Kier alpha value is -2.67. The van der Waals surface area contributed by atoms with Gasteiger partial charge in [0.25, 0.3) is 0 Å². The molecule has 0 radical (unpaired) electrons. The van der Waals surface area contributed by atoms with Crippen molar-refractivity contribution in [3.63, 3.8) is 0 Å². The van der Waals surface area contributed by atoms with Gasteiger partial charge in [-0.3, -0.25) is 4.79 Å². The number of amides is 1. The molecule has 0 saturated carbocycles. The average Bonchev–Trinajstić information content (AvgIpc) is 3.15. The molecular weight excluding hydrogens is 370 g/mol. The fraction of sp³-hybridized carbons (Fsp3) is 0.333. The van der Waals surface area contributed by atoms with Crippen LogP contribution >= 0.6 is 11.8 Å². The van der Waals surface area contributed by atoms with E-state index in [1.54, 1.807) is 4.68 Å². The van der Waals surface area contributed by atoms with Crippen LogP contribution in [0.5, 0.6) is 0 Å². The lowest BCUT2D eigenvalue weighted by molar-refractivity contribution is -0.119. The number of benzene rings is 2. The van der Waals surface area contributed by atoms with Crippen molar-refractivity contribution in [2.24, 2.45) is 5.92 Å². The number of carbonyl (C=O) groups excluding carboxylic acids is 1. The molecule has 146 valence electrons. The van der Waals surface area contributed by atoms with Gasteiger partial charge in [0, 0.05) is 0 Å². The van der Waals surface area contributed by atoms with Gasteiger partial charge in [-0.25, -0.2) is 0 Å². The second-order valence-electron chi connectivity index (χ2n) is 7.11. The van der Waals surface area contributed by atoms with E-state index in [-0.39, 0.29) is 17.7 Å². The van der Waals surface area contributed by atoms with Gasteiger partial charge in [0.2, 0.25) is 11.1 Å². The first-order chi connectivity index (χ1) is 13.5. The summed E-state index contributed by atoms with van der Waals surface area (Å²) in [6, 6.07) is 18.0. The third-order valence-electron chi connectivity index (χ3n) is 4.36. The smallest absolute Gasteiger partial charge is 0.230 e. The Bertz CT molecular complexity index is 910. The second kappa shape index (κ2) is 9.50. The maximum absolute atomic E-state index is 12.6. The van der Waals surface area contributed by atoms with E-state index in [1.807, 2.05) is 49.4 Å². The Morgan fingerprint density at radius 1 is 1.11 bits per heavy atom. The number of carbonyl (C=O) groups is 1. The first-order valence-electron chi connectivity index (χ1n) is 9.36. The van der Waals surface area contributed by atoms with Crippen LogP contribution in [0, 0.1) is 12.8 Å². The molecule has 3 rings (SSSR count). The highest BCUT2D eigenvalue weighted by Gasteiger charge is 2.18. The Morgan fingerprint density at radius 3 is 2.54 bits per heavy atom. The summed E-state index contributed by atoms with van der Waals surface area (Å²) < 4.78 is 1.68. The maximum atomic E-state index is 12.6. The lowest BCUT2D eigenvalue weighted by Crippen LogP contribution is -2.31. The molecule has 0 spiro atoms. The zero-order chi connectivity index (χ0) is 19.9. The number of hydrogen-bond donors (Lipinski definition) is 1. The normalized spacial score (nSPS) is 12.1. The quantitative estimate of drug-likeness (QED) is 0.584. The zero-order valence-electron chi connectivity index (χ0n) is 16.4. The molecule has 1 N–H and O–H groups in total. The number of nitrogens with zero attached hydrogens (tertiary/aromatic N) is 4. The van der Waals surface area contributed by atoms with Crippen molar-refractivity contribution in [2.75, 3.05) is 5.75 Å². The van der Waals surface area contributed by atoms with Crippen molar-refractivity contribution in [1.82, 2.24) is 25.5 Å². The molecule has 2 aromatic carbocycles. The van der Waals surface area contributed by atoms with Crippen LogP contribution in [0.2, 0.25) is 0 Å². The van der Waals surface area contributed by atoms with Gasteiger partial charge >= 0.3 is 0 Å². The highest BCUT2D eigenvalue weighted by molar-refractivity contribution is 7.99. The molecule has 6 nitrogen and oxygen atoms in total. The van der Waals surface area contributed by atoms with E-state index >= 15 is 0 Å². The number of rotatable bonds is 8. The first-order valence-corrected chi connectivity index (χ1v) is 10.3. The molecular formula is C21H25N5OS. The molecule has 0 bridgehead atoms. The molecule has 0 saturated heterocycles. The highest BCUT2D eigenvalue weighted by Crippen LogP contribution is 2.23. The number of nitrogens with one attached hydrogen (secondary N) is 1. The lowest BCUT2D eigenvalue weighted by Gasteiger charge is -2.21. The minimum absolute atomic E-state index is 0.00154. The van der Waals surface area contributed by atoms with Gasteiger partial charge in [-0.15, -0.1) is 5.10 Å². The fourth-order valence-electron chi connectivity index (χ4n) is 3.02. The number of aryl methyl sites for hydroxylation is 1. The zero-order valence-corrected chi connectivity index (χ0v) is 17.2. The summed E-state index contributed by atoms with van der Waals surface area (Å²) in [6.45, 7) is 6.33. The van der Waals surface area contributed by atoms with E-state index in [9.17, 15) is 4.79 Å². The van der Waals surface area contributed by atoms with Crippen molar-refractivity contribution in [2.45, 2.75) is 38.4 Å². The van der Waals surface area contributed by atoms with Crippen molar-refractivity contribution in [3.8, 4) is 5.69 Å². The summed E-state index contributed by atoms with van der Waals surface area (Å²) in [5.41, 5.74) is 3.11. The number of para-hydroxylation sites is 1. The molecule has 0 fully saturated rings. The maximum Gasteiger partial charge on any atom is 0.230 e. The van der Waals surface area contributed by atoms with Crippen LogP contribution in [-0.2, 0) is 4.79 Å². The van der Waals surface area contributed by atoms with Crippen molar-refractivity contribution < 1.29 is 4.79 Å². The molecule has 7 heteroatoms. The molecule has 0 aliphatic rings. The molecule has 0 unspecified atom stereocenters. The summed E-state index contributed by atoms with van der Waals surface area (Å²) >= 11 is 1.34. The largest absolute Gasteiger partial charge is 0.349 e. The number of aromatic nitrogens is 4. The predicted octanol–water partition coefficient (Wildman–Crippen LogP) is 3.97. The topological polar surface area (TPSA) is 72.7 Å². The van der Waals surface area contributed by atoms with E-state index in [1.165, 1.54) is 11.8 Å². The van der Waals surface area contributed by atoms with Crippen LogP contribution in [0.4, 0.5) is 0 Å². The lowest BCUT2D eigenvalue weighted by atomic mass is 9.97. The van der Waals surface area contributed by atoms with Crippen LogP contribution in [0.15, 0.2) is 59.8 Å². The van der Waals surface area contributed by atoms with E-state index in [4.69, 9.17) is 0 Å². The van der Waals surface area contributed by atoms with Gasteiger partial charge in [0.1, 0.15) is 0 Å². The summed E-state index contributed by atoms with van der Waals surface area (Å²) in [5, 5.41) is 15.7. The predicted molar refractivity (Wildman–Crippen MR) is 111 cm³/mol. The second-order valence-corrected chi connectivity index (χ2v) is 8.05. The summed E-state index contributed by atoms with van der Waals surface area (Å²) in [6.07, 6.45) is 0.890. The van der Waals surface area contributed by atoms with Gasteiger partial charge in [-0.05, 0) is 46.9 Å². The van der Waals surface area contributed by atoms with Crippen LogP contribution < -0.4 is 5.32 Å². The highest BCUT2D eigenvalue weighted by atomic mass is 32.2. The van der Waals surface area contributed by atoms with Crippen LogP contribution in [0.25, 0.3) is 5.69 Å². The molecule has 0 aliphatic carbocycles. The third kappa shape index (κ3) is 5.19. The SMILES string of the molecule is Cc1ccccc1-n1nnnc1SCC(=O)N[C@@H](CC(C)C)c1ccccc1. The van der Waals surface area contributed by atoms with Gasteiger partial charge in [-0.1, -0.05) is 74.1 Å². The van der Waals surface area contributed by atoms with Crippen molar-refractivity contribution in [3.05, 3.63) is 65.7 Å². The number of thioether (sulfide) groups is 1. The monoisotopic (exact) mass is 395 g/mol. The van der Waals surface area contributed by atoms with Gasteiger partial charge < -0.3 is 5.32 Å². The van der Waals surface area contributed by atoms with Crippen LogP contribution in [0.1, 0.15) is 37.4 Å². The first kappa shape index (κ1) is 20.1. The van der Waals surface area contributed by atoms with Crippen LogP contribution in [0.3, 0.4) is 0 Å². The summed E-state index contributed by atoms with van der Waals surface area (Å²) in [5.74, 6) is 0.707. The van der Waals surface area contributed by atoms with Gasteiger partial charge in [0.05, 0.1) is 17.5 Å². The number of tetrazole rings is 1. The van der Waals surface area contributed by atoms with E-state index < -0.39 is 0 Å². The molecule has 28 heavy (non-hydrogen) atoms.